The maximum Gasteiger partial charge on any atom is 0.191 e. The average Bonchev–Trinajstić information content (AvgIpc) is 2.95. The lowest BCUT2D eigenvalue weighted by atomic mass is 10.1. The van der Waals surface area contributed by atoms with Crippen LogP contribution in [0.3, 0.4) is 0 Å². The van der Waals surface area contributed by atoms with Gasteiger partial charge in [-0.05, 0) is 50.9 Å². The zero-order valence-corrected chi connectivity index (χ0v) is 18.0. The highest BCUT2D eigenvalue weighted by molar-refractivity contribution is 7.11. The molecule has 6 heteroatoms. The predicted octanol–water partition coefficient (Wildman–Crippen LogP) is 4.08. The van der Waals surface area contributed by atoms with E-state index in [1.165, 1.54) is 54.8 Å². The Morgan fingerprint density at radius 3 is 2.64 bits per heavy atom. The Morgan fingerprint density at radius 2 is 1.93 bits per heavy atom. The molecular weight excluding hydrogens is 366 g/mol. The SMILES string of the molecule is CCNC(=NCc1cccc(CN2CCCCCC2)c1)NCc1ncc(C)s1. The number of likely N-dealkylation sites (tertiary alicyclic amines) is 1. The molecule has 0 amide bonds. The lowest BCUT2D eigenvalue weighted by Crippen LogP contribution is -2.36. The zero-order valence-electron chi connectivity index (χ0n) is 17.2. The number of aryl methyl sites for hydroxylation is 1. The largest absolute Gasteiger partial charge is 0.357 e. The van der Waals surface area contributed by atoms with Gasteiger partial charge in [0.2, 0.25) is 0 Å². The molecule has 152 valence electrons. The van der Waals surface area contributed by atoms with Gasteiger partial charge in [-0.15, -0.1) is 11.3 Å². The molecule has 2 heterocycles. The lowest BCUT2D eigenvalue weighted by molar-refractivity contribution is 0.277. The van der Waals surface area contributed by atoms with E-state index in [9.17, 15) is 0 Å². The van der Waals surface area contributed by atoms with Crippen LogP contribution >= 0.6 is 11.3 Å². The van der Waals surface area contributed by atoms with E-state index < -0.39 is 0 Å². The van der Waals surface area contributed by atoms with Gasteiger partial charge in [0.05, 0.1) is 13.1 Å². The first-order chi connectivity index (χ1) is 13.7. The van der Waals surface area contributed by atoms with E-state index >= 15 is 0 Å². The maximum absolute atomic E-state index is 4.77. The molecule has 5 nitrogen and oxygen atoms in total. The Hall–Kier alpha value is -1.92. The van der Waals surface area contributed by atoms with Crippen molar-refractivity contribution in [3.8, 4) is 0 Å². The van der Waals surface area contributed by atoms with E-state index in [0.717, 1.165) is 24.1 Å². The second-order valence-corrected chi connectivity index (χ2v) is 8.74. The van der Waals surface area contributed by atoms with Crippen molar-refractivity contribution < 1.29 is 0 Å². The zero-order chi connectivity index (χ0) is 19.6. The first kappa shape index (κ1) is 20.8. The minimum absolute atomic E-state index is 0.681. The second-order valence-electron chi connectivity index (χ2n) is 7.42. The first-order valence-electron chi connectivity index (χ1n) is 10.5. The Balaban J connectivity index is 1.57. The quantitative estimate of drug-likeness (QED) is 0.544. The van der Waals surface area contributed by atoms with Crippen molar-refractivity contribution >= 4 is 17.3 Å². The van der Waals surface area contributed by atoms with Gasteiger partial charge >= 0.3 is 0 Å². The van der Waals surface area contributed by atoms with Gasteiger partial charge in [-0.25, -0.2) is 9.98 Å². The Bertz CT molecular complexity index is 747. The van der Waals surface area contributed by atoms with E-state index in [2.05, 4.69) is 58.6 Å². The summed E-state index contributed by atoms with van der Waals surface area (Å²) in [5.41, 5.74) is 2.65. The van der Waals surface area contributed by atoms with E-state index in [0.29, 0.717) is 13.1 Å². The highest BCUT2D eigenvalue weighted by atomic mass is 32.1. The lowest BCUT2D eigenvalue weighted by Gasteiger charge is -2.20. The Morgan fingerprint density at radius 1 is 1.14 bits per heavy atom. The van der Waals surface area contributed by atoms with E-state index in [1.54, 1.807) is 11.3 Å². The van der Waals surface area contributed by atoms with Crippen LogP contribution in [0.4, 0.5) is 0 Å². The highest BCUT2D eigenvalue weighted by Gasteiger charge is 2.09. The standard InChI is InChI=1S/C22H33N5S/c1-3-23-22(26-16-21-24-14-18(2)28-21)25-15-19-9-8-10-20(13-19)17-27-11-6-4-5-7-12-27/h8-10,13-14H,3-7,11-12,15-17H2,1-2H3,(H2,23,25,26). The average molecular weight is 400 g/mol. The number of aliphatic imine (C=N–C) groups is 1. The monoisotopic (exact) mass is 399 g/mol. The van der Waals surface area contributed by atoms with Crippen LogP contribution in [0.5, 0.6) is 0 Å². The molecule has 1 saturated heterocycles. The van der Waals surface area contributed by atoms with Crippen molar-refractivity contribution in [3.05, 3.63) is 51.5 Å². The molecule has 3 rings (SSSR count). The molecule has 0 atom stereocenters. The van der Waals surface area contributed by atoms with Crippen LogP contribution in [0.15, 0.2) is 35.5 Å². The third-order valence-electron chi connectivity index (χ3n) is 4.94. The molecule has 0 bridgehead atoms. The molecule has 2 N–H and O–H groups in total. The van der Waals surface area contributed by atoms with Crippen molar-refractivity contribution in [3.63, 3.8) is 0 Å². The van der Waals surface area contributed by atoms with Gasteiger partial charge in [-0.3, -0.25) is 4.90 Å². The van der Waals surface area contributed by atoms with Crippen LogP contribution in [0.1, 0.15) is 53.6 Å². The summed E-state index contributed by atoms with van der Waals surface area (Å²) in [7, 11) is 0. The van der Waals surface area contributed by atoms with Crippen LogP contribution < -0.4 is 10.6 Å². The fraction of sp³-hybridized carbons (Fsp3) is 0.545. The first-order valence-corrected chi connectivity index (χ1v) is 11.3. The summed E-state index contributed by atoms with van der Waals surface area (Å²) in [6.45, 7) is 9.92. The molecule has 0 unspecified atom stereocenters. The van der Waals surface area contributed by atoms with Crippen molar-refractivity contribution in [1.82, 2.24) is 20.5 Å². The Kier molecular flexibility index (Phi) is 8.30. The van der Waals surface area contributed by atoms with Gasteiger partial charge in [-0.1, -0.05) is 37.1 Å². The molecule has 1 aliphatic rings. The van der Waals surface area contributed by atoms with Gasteiger partial charge in [0.1, 0.15) is 5.01 Å². The molecule has 0 spiro atoms. The van der Waals surface area contributed by atoms with Gasteiger partial charge in [0, 0.05) is 24.2 Å². The molecule has 1 aliphatic heterocycles. The summed E-state index contributed by atoms with van der Waals surface area (Å²) in [5.74, 6) is 0.841. The molecule has 0 saturated carbocycles. The van der Waals surface area contributed by atoms with Crippen molar-refractivity contribution in [2.24, 2.45) is 4.99 Å². The number of hydrogen-bond donors (Lipinski definition) is 2. The second kappa shape index (κ2) is 11.2. The summed E-state index contributed by atoms with van der Waals surface area (Å²) in [5, 5.41) is 7.80. The molecule has 28 heavy (non-hydrogen) atoms. The normalized spacial score (nSPS) is 16.0. The highest BCUT2D eigenvalue weighted by Crippen LogP contribution is 2.15. The molecule has 1 aromatic carbocycles. The number of hydrogen-bond acceptors (Lipinski definition) is 4. The smallest absolute Gasteiger partial charge is 0.191 e. The number of aromatic nitrogens is 1. The maximum atomic E-state index is 4.77. The number of nitrogens with one attached hydrogen (secondary N) is 2. The molecule has 1 aromatic heterocycles. The van der Waals surface area contributed by atoms with Crippen LogP contribution in [0.2, 0.25) is 0 Å². The summed E-state index contributed by atoms with van der Waals surface area (Å²) < 4.78 is 0. The van der Waals surface area contributed by atoms with Crippen LogP contribution in [0.25, 0.3) is 0 Å². The van der Waals surface area contributed by atoms with Gasteiger partial charge in [-0.2, -0.15) is 0 Å². The predicted molar refractivity (Wildman–Crippen MR) is 119 cm³/mol. The Labute approximate surface area is 173 Å². The summed E-state index contributed by atoms with van der Waals surface area (Å²) in [4.78, 5) is 13.0. The third-order valence-corrected chi connectivity index (χ3v) is 5.85. The number of rotatable bonds is 7. The van der Waals surface area contributed by atoms with Crippen molar-refractivity contribution in [1.29, 1.82) is 0 Å². The van der Waals surface area contributed by atoms with Crippen molar-refractivity contribution in [2.45, 2.75) is 59.2 Å². The number of guanidine groups is 1. The van der Waals surface area contributed by atoms with Gasteiger partial charge in [0.15, 0.2) is 5.96 Å². The number of benzene rings is 1. The molecular formula is C22H33N5S. The number of nitrogens with zero attached hydrogens (tertiary/aromatic N) is 3. The number of thiazole rings is 1. The molecule has 1 fully saturated rings. The third kappa shape index (κ3) is 6.91. The van der Waals surface area contributed by atoms with Crippen molar-refractivity contribution in [2.75, 3.05) is 19.6 Å². The van der Waals surface area contributed by atoms with E-state index in [1.807, 2.05) is 6.20 Å². The summed E-state index contributed by atoms with van der Waals surface area (Å²) in [6, 6.07) is 8.88. The van der Waals surface area contributed by atoms with E-state index in [4.69, 9.17) is 4.99 Å². The van der Waals surface area contributed by atoms with Crippen LogP contribution in [-0.2, 0) is 19.6 Å². The molecule has 0 aliphatic carbocycles. The minimum Gasteiger partial charge on any atom is -0.357 e. The fourth-order valence-electron chi connectivity index (χ4n) is 3.53. The fourth-order valence-corrected chi connectivity index (χ4v) is 4.26. The van der Waals surface area contributed by atoms with Crippen LogP contribution in [0, 0.1) is 6.92 Å². The van der Waals surface area contributed by atoms with Gasteiger partial charge < -0.3 is 10.6 Å². The topological polar surface area (TPSA) is 52.6 Å². The molecule has 0 radical (unpaired) electrons. The van der Waals surface area contributed by atoms with Crippen LogP contribution in [-0.4, -0.2) is 35.5 Å². The minimum atomic E-state index is 0.681. The summed E-state index contributed by atoms with van der Waals surface area (Å²) >= 11 is 1.72. The van der Waals surface area contributed by atoms with E-state index in [-0.39, 0.29) is 0 Å². The summed E-state index contributed by atoms with van der Waals surface area (Å²) in [6.07, 6.45) is 7.35. The van der Waals surface area contributed by atoms with Gasteiger partial charge in [0.25, 0.3) is 0 Å². The molecule has 2 aromatic rings.